The summed E-state index contributed by atoms with van der Waals surface area (Å²) in [7, 11) is 2.65. The average molecular weight is 576 g/mol. The van der Waals surface area contributed by atoms with Gasteiger partial charge in [0.1, 0.15) is 29.3 Å². The number of hydrogen-bond acceptors (Lipinski definition) is 8. The maximum Gasteiger partial charge on any atom is 0.405 e. The van der Waals surface area contributed by atoms with Gasteiger partial charge in [0, 0.05) is 29.7 Å². The number of aromatic nitrogens is 2. The normalized spacial score (nSPS) is 18.2. The molecule has 0 spiro atoms. The van der Waals surface area contributed by atoms with Gasteiger partial charge < -0.3 is 29.7 Å². The Balaban J connectivity index is 1.60. The van der Waals surface area contributed by atoms with Gasteiger partial charge in [-0.3, -0.25) is 9.48 Å². The highest BCUT2D eigenvalue weighted by Crippen LogP contribution is 2.41. The van der Waals surface area contributed by atoms with E-state index in [1.807, 2.05) is 35.5 Å². The van der Waals surface area contributed by atoms with Crippen molar-refractivity contribution in [2.24, 2.45) is 0 Å². The minimum absolute atomic E-state index is 0.0578. The van der Waals surface area contributed by atoms with E-state index in [-0.39, 0.29) is 29.6 Å². The molecule has 3 heterocycles. The van der Waals surface area contributed by atoms with E-state index in [0.717, 1.165) is 11.1 Å². The van der Waals surface area contributed by atoms with E-state index in [0.29, 0.717) is 11.3 Å². The summed E-state index contributed by atoms with van der Waals surface area (Å²) < 4.78 is 55.5. The van der Waals surface area contributed by atoms with Gasteiger partial charge in [0.2, 0.25) is 0 Å². The number of amides is 1. The molecule has 1 unspecified atom stereocenters. The van der Waals surface area contributed by atoms with Crippen LogP contribution in [0.25, 0.3) is 11.3 Å². The molecule has 0 saturated carbocycles. The summed E-state index contributed by atoms with van der Waals surface area (Å²) in [5.41, 5.74) is 1.15. The zero-order valence-corrected chi connectivity index (χ0v) is 23.5. The number of carbonyl (C=O) groups excluding carboxylic acids is 2. The van der Waals surface area contributed by atoms with Crippen LogP contribution in [0.3, 0.4) is 0 Å². The summed E-state index contributed by atoms with van der Waals surface area (Å²) in [6.45, 7) is 5.96. The van der Waals surface area contributed by atoms with Gasteiger partial charge in [-0.05, 0) is 57.6 Å². The molecule has 4 rings (SSSR count). The number of alkyl halides is 3. The number of allylic oxidation sites excluding steroid dienone is 2. The molecule has 1 aromatic carbocycles. The van der Waals surface area contributed by atoms with Crippen molar-refractivity contribution in [1.29, 1.82) is 0 Å². The van der Waals surface area contributed by atoms with Gasteiger partial charge in [-0.15, -0.1) is 0 Å². The number of fused-ring (bicyclic) bond motifs is 1. The van der Waals surface area contributed by atoms with E-state index in [9.17, 15) is 22.8 Å². The summed E-state index contributed by atoms with van der Waals surface area (Å²) in [5.74, 6) is -1.24. The quantitative estimate of drug-likeness (QED) is 0.432. The SMILES string of the molecule is CCOC(=O)C(C)(C)n1cc(C2=CC3(C)NC=C(c4cc(OC)c(C(=O)NCC(F)(F)F)c(OC)c4)N3C=C2)cn1. The molecule has 1 amide bonds. The molecule has 13 heteroatoms. The van der Waals surface area contributed by atoms with Crippen molar-refractivity contribution in [3.05, 3.63) is 65.8 Å². The highest BCUT2D eigenvalue weighted by atomic mass is 19.4. The second-order valence-electron chi connectivity index (χ2n) is 10.1. The molecule has 1 atom stereocenters. The van der Waals surface area contributed by atoms with Gasteiger partial charge in [-0.1, -0.05) is 0 Å². The van der Waals surface area contributed by atoms with Crippen molar-refractivity contribution >= 4 is 23.1 Å². The van der Waals surface area contributed by atoms with Gasteiger partial charge >= 0.3 is 12.1 Å². The summed E-state index contributed by atoms with van der Waals surface area (Å²) in [4.78, 5) is 27.0. The lowest BCUT2D eigenvalue weighted by atomic mass is 9.98. The molecule has 1 aromatic heterocycles. The van der Waals surface area contributed by atoms with E-state index in [1.165, 1.54) is 14.2 Å². The highest BCUT2D eigenvalue weighted by Gasteiger charge is 2.39. The first-order valence-corrected chi connectivity index (χ1v) is 12.8. The lowest BCUT2D eigenvalue weighted by Gasteiger charge is -2.37. The number of esters is 1. The van der Waals surface area contributed by atoms with E-state index in [1.54, 1.807) is 56.2 Å². The summed E-state index contributed by atoms with van der Waals surface area (Å²) in [6, 6.07) is 3.14. The minimum atomic E-state index is -4.57. The molecule has 220 valence electrons. The van der Waals surface area contributed by atoms with Crippen LogP contribution in [-0.4, -0.2) is 65.8 Å². The Kier molecular flexibility index (Phi) is 7.83. The van der Waals surface area contributed by atoms with Crippen molar-refractivity contribution in [2.75, 3.05) is 27.4 Å². The third kappa shape index (κ3) is 5.74. The smallest absolute Gasteiger partial charge is 0.405 e. The number of nitrogens with zero attached hydrogens (tertiary/aromatic N) is 3. The maximum atomic E-state index is 12.7. The topological polar surface area (TPSA) is 107 Å². The molecular weight excluding hydrogens is 543 g/mol. The molecule has 0 bridgehead atoms. The van der Waals surface area contributed by atoms with Crippen molar-refractivity contribution in [3.63, 3.8) is 0 Å². The number of ether oxygens (including phenoxy) is 3. The molecule has 0 aliphatic carbocycles. The average Bonchev–Trinajstić information content (AvgIpc) is 3.55. The third-order valence-electron chi connectivity index (χ3n) is 6.84. The molecule has 2 aliphatic heterocycles. The van der Waals surface area contributed by atoms with Crippen LogP contribution in [-0.2, 0) is 15.1 Å². The van der Waals surface area contributed by atoms with Gasteiger partial charge in [0.25, 0.3) is 5.91 Å². The monoisotopic (exact) mass is 575 g/mol. The van der Waals surface area contributed by atoms with Crippen LogP contribution >= 0.6 is 0 Å². The fourth-order valence-corrected chi connectivity index (χ4v) is 4.59. The van der Waals surface area contributed by atoms with Gasteiger partial charge in [-0.2, -0.15) is 18.3 Å². The van der Waals surface area contributed by atoms with Crippen molar-refractivity contribution in [3.8, 4) is 11.5 Å². The zero-order valence-electron chi connectivity index (χ0n) is 23.5. The number of nitrogens with one attached hydrogen (secondary N) is 2. The van der Waals surface area contributed by atoms with E-state index in [4.69, 9.17) is 14.2 Å². The summed E-state index contributed by atoms with van der Waals surface area (Å²) >= 11 is 0. The van der Waals surface area contributed by atoms with Crippen LogP contribution in [0.1, 0.15) is 49.2 Å². The van der Waals surface area contributed by atoms with Crippen LogP contribution < -0.4 is 20.1 Å². The summed E-state index contributed by atoms with van der Waals surface area (Å²) in [5, 5.41) is 9.61. The van der Waals surface area contributed by atoms with Crippen molar-refractivity contribution in [2.45, 2.75) is 45.1 Å². The highest BCUT2D eigenvalue weighted by molar-refractivity contribution is 6.00. The first-order valence-electron chi connectivity index (χ1n) is 12.8. The van der Waals surface area contributed by atoms with E-state index < -0.39 is 29.8 Å². The Bertz CT molecular complexity index is 1420. The number of carbonyl (C=O) groups is 2. The molecule has 2 aromatic rings. The largest absolute Gasteiger partial charge is 0.496 e. The molecular formula is C28H32F3N5O5. The number of rotatable bonds is 9. The third-order valence-corrected chi connectivity index (χ3v) is 6.84. The molecule has 41 heavy (non-hydrogen) atoms. The Morgan fingerprint density at radius 3 is 2.37 bits per heavy atom. The molecule has 10 nitrogen and oxygen atoms in total. The van der Waals surface area contributed by atoms with Gasteiger partial charge in [0.15, 0.2) is 5.54 Å². The molecule has 2 N–H and O–H groups in total. The van der Waals surface area contributed by atoms with Crippen LogP contribution in [0, 0.1) is 0 Å². The minimum Gasteiger partial charge on any atom is -0.496 e. The molecule has 2 aliphatic rings. The number of benzene rings is 1. The maximum absolute atomic E-state index is 12.7. The molecule has 0 saturated heterocycles. The first kappa shape index (κ1) is 29.6. The zero-order chi connectivity index (χ0) is 30.2. The van der Waals surface area contributed by atoms with E-state index >= 15 is 0 Å². The van der Waals surface area contributed by atoms with Crippen LogP contribution in [0.5, 0.6) is 11.5 Å². The fraction of sp³-hybridized carbons (Fsp3) is 0.393. The lowest BCUT2D eigenvalue weighted by Crippen LogP contribution is -2.46. The second kappa shape index (κ2) is 10.9. The van der Waals surface area contributed by atoms with Crippen molar-refractivity contribution in [1.82, 2.24) is 25.3 Å². The van der Waals surface area contributed by atoms with Crippen LogP contribution in [0.2, 0.25) is 0 Å². The predicted molar refractivity (Wildman–Crippen MR) is 145 cm³/mol. The number of hydrogen-bond donors (Lipinski definition) is 2. The van der Waals surface area contributed by atoms with Crippen molar-refractivity contribution < 1.29 is 37.0 Å². The van der Waals surface area contributed by atoms with Crippen LogP contribution in [0.15, 0.2) is 49.1 Å². The second-order valence-corrected chi connectivity index (χ2v) is 10.1. The Morgan fingerprint density at radius 1 is 1.12 bits per heavy atom. The lowest BCUT2D eigenvalue weighted by molar-refractivity contribution is -0.152. The predicted octanol–water partition coefficient (Wildman–Crippen LogP) is 4.02. The summed E-state index contributed by atoms with van der Waals surface area (Å²) in [6.07, 6.45) is 6.46. The van der Waals surface area contributed by atoms with Crippen LogP contribution in [0.4, 0.5) is 13.2 Å². The van der Waals surface area contributed by atoms with E-state index in [2.05, 4.69) is 10.4 Å². The molecule has 0 radical (unpaired) electrons. The number of methoxy groups -OCH3 is 2. The first-order chi connectivity index (χ1) is 19.2. The Labute approximate surface area is 235 Å². The fourth-order valence-electron chi connectivity index (χ4n) is 4.59. The Hall–Kier alpha value is -4.42. The van der Waals surface area contributed by atoms with Gasteiger partial charge in [-0.25, -0.2) is 4.79 Å². The Morgan fingerprint density at radius 2 is 1.78 bits per heavy atom. The standard InChI is InChI=1S/C28H32F3N5O5/c1-7-41-25(38)26(2,3)36-15-19(13-34-36)17-8-9-35-20(14-33-27(35,4)12-17)18-10-21(39-5)23(22(11-18)40-6)24(37)32-16-28(29,30)31/h8-15,33H,7,16H2,1-6H3,(H,32,37). The number of halogens is 3. The van der Waals surface area contributed by atoms with Gasteiger partial charge in [0.05, 0.1) is 32.7 Å². The molecule has 0 fully saturated rings.